The van der Waals surface area contributed by atoms with Crippen LogP contribution >= 0.6 is 12.2 Å². The maximum Gasteiger partial charge on any atom is 0.226 e. The van der Waals surface area contributed by atoms with Gasteiger partial charge in [-0.15, -0.1) is 0 Å². The van der Waals surface area contributed by atoms with E-state index in [2.05, 4.69) is 61.6 Å². The van der Waals surface area contributed by atoms with Crippen molar-refractivity contribution >= 4 is 34.6 Å². The number of thiocarbonyl (C=S) groups is 1. The Balaban J connectivity index is 1.57. The zero-order valence-corrected chi connectivity index (χ0v) is 23.4. The third-order valence-electron chi connectivity index (χ3n) is 6.88. The van der Waals surface area contributed by atoms with Gasteiger partial charge in [-0.2, -0.15) is 0 Å². The van der Waals surface area contributed by atoms with Crippen LogP contribution in [0.25, 0.3) is 5.69 Å². The minimum absolute atomic E-state index is 0.00881. The molecule has 0 saturated carbocycles. The lowest BCUT2D eigenvalue weighted by Crippen LogP contribution is -2.30. The first-order valence-electron chi connectivity index (χ1n) is 13.2. The van der Waals surface area contributed by atoms with Gasteiger partial charge in [-0.1, -0.05) is 19.9 Å². The number of carbonyl (C=O) groups excluding carboxylic acids is 1. The van der Waals surface area contributed by atoms with Crippen molar-refractivity contribution in [1.82, 2.24) is 14.9 Å². The lowest BCUT2D eigenvalue weighted by molar-refractivity contribution is -0.118. The van der Waals surface area contributed by atoms with Crippen molar-refractivity contribution < 1.29 is 9.53 Å². The molecule has 2 N–H and O–H groups in total. The van der Waals surface area contributed by atoms with Gasteiger partial charge in [0.25, 0.3) is 0 Å². The Labute approximate surface area is 234 Å². The van der Waals surface area contributed by atoms with Crippen molar-refractivity contribution in [1.29, 1.82) is 0 Å². The third-order valence-corrected chi connectivity index (χ3v) is 7.19. The van der Waals surface area contributed by atoms with Crippen molar-refractivity contribution in [3.8, 4) is 11.4 Å². The molecule has 2 atom stereocenters. The van der Waals surface area contributed by atoms with Gasteiger partial charge in [-0.05, 0) is 98.4 Å². The molecule has 1 fully saturated rings. The molecule has 4 aromatic rings. The van der Waals surface area contributed by atoms with Crippen LogP contribution in [0.15, 0.2) is 85.2 Å². The second-order valence-corrected chi connectivity index (χ2v) is 10.3. The molecule has 8 heteroatoms. The number of nitrogens with one attached hydrogen (secondary N) is 2. The van der Waals surface area contributed by atoms with Crippen LogP contribution < -0.4 is 20.3 Å². The van der Waals surface area contributed by atoms with Gasteiger partial charge in [0, 0.05) is 41.1 Å². The quantitative estimate of drug-likeness (QED) is 0.254. The zero-order valence-electron chi connectivity index (χ0n) is 22.6. The first-order valence-corrected chi connectivity index (χ1v) is 13.6. The normalized spacial score (nSPS) is 16.8. The first-order chi connectivity index (χ1) is 18.9. The predicted octanol–water partition coefficient (Wildman–Crippen LogP) is 6.35. The molecule has 200 valence electrons. The van der Waals surface area contributed by atoms with E-state index in [9.17, 15) is 4.79 Å². The number of ether oxygens (including phenoxy) is 1. The molecule has 1 amide bonds. The highest BCUT2D eigenvalue weighted by atomic mass is 32.1. The van der Waals surface area contributed by atoms with Gasteiger partial charge in [-0.25, -0.2) is 0 Å². The van der Waals surface area contributed by atoms with Crippen molar-refractivity contribution in [2.24, 2.45) is 5.92 Å². The Morgan fingerprint density at radius 1 is 1.08 bits per heavy atom. The van der Waals surface area contributed by atoms with E-state index < -0.39 is 0 Å². The monoisotopic (exact) mass is 539 g/mol. The Morgan fingerprint density at radius 3 is 2.51 bits per heavy atom. The Hall–Kier alpha value is -4.17. The highest BCUT2D eigenvalue weighted by molar-refractivity contribution is 7.80. The molecular weight excluding hydrogens is 506 g/mol. The van der Waals surface area contributed by atoms with Crippen LogP contribution in [0.4, 0.5) is 11.4 Å². The van der Waals surface area contributed by atoms with Gasteiger partial charge in [0.2, 0.25) is 5.91 Å². The standard InChI is InChI=1S/C31H33N5O2S/c1-5-38-24-14-11-22(12-15-24)35-18-8-10-27(35)29-28(26-9-6-7-17-32-26)34-31(39)36(29)23-13-16-25(21(4)19-23)33-30(37)20(2)3/h6-20,28-29H,5H2,1-4H3,(H,33,37)(H,34,39)/t28-,29-/m1/s1. The average molecular weight is 540 g/mol. The number of aromatic nitrogens is 2. The van der Waals surface area contributed by atoms with Gasteiger partial charge in [-0.3, -0.25) is 9.78 Å². The molecule has 0 spiro atoms. The molecule has 1 aliphatic heterocycles. The molecule has 0 aliphatic carbocycles. The summed E-state index contributed by atoms with van der Waals surface area (Å²) in [7, 11) is 0. The highest BCUT2D eigenvalue weighted by Gasteiger charge is 2.42. The van der Waals surface area contributed by atoms with E-state index in [0.29, 0.717) is 11.7 Å². The topological polar surface area (TPSA) is 71.4 Å². The maximum atomic E-state index is 12.3. The molecule has 2 aromatic heterocycles. The summed E-state index contributed by atoms with van der Waals surface area (Å²) in [5.74, 6) is 0.732. The molecule has 5 rings (SSSR count). The zero-order chi connectivity index (χ0) is 27.5. The molecule has 39 heavy (non-hydrogen) atoms. The van der Waals surface area contributed by atoms with E-state index in [4.69, 9.17) is 17.0 Å². The third kappa shape index (κ3) is 5.38. The van der Waals surface area contributed by atoms with Crippen LogP contribution in [-0.4, -0.2) is 27.2 Å². The van der Waals surface area contributed by atoms with E-state index in [1.165, 1.54) is 0 Å². The van der Waals surface area contributed by atoms with Gasteiger partial charge < -0.3 is 24.8 Å². The van der Waals surface area contributed by atoms with Crippen LogP contribution in [0.5, 0.6) is 5.75 Å². The summed E-state index contributed by atoms with van der Waals surface area (Å²) in [6, 6.07) is 23.9. The number of hydrogen-bond donors (Lipinski definition) is 2. The van der Waals surface area contributed by atoms with Gasteiger partial charge >= 0.3 is 0 Å². The lowest BCUT2D eigenvalue weighted by atomic mass is 10.00. The fourth-order valence-electron chi connectivity index (χ4n) is 4.89. The van der Waals surface area contributed by atoms with E-state index in [0.717, 1.165) is 39.8 Å². The molecule has 1 aliphatic rings. The van der Waals surface area contributed by atoms with Crippen LogP contribution in [0.2, 0.25) is 0 Å². The molecule has 0 unspecified atom stereocenters. The molecule has 1 saturated heterocycles. The average Bonchev–Trinajstić information content (AvgIpc) is 3.55. The van der Waals surface area contributed by atoms with Crippen LogP contribution in [0, 0.1) is 12.8 Å². The fourth-order valence-corrected chi connectivity index (χ4v) is 5.23. The van der Waals surface area contributed by atoms with E-state index >= 15 is 0 Å². The van der Waals surface area contributed by atoms with Crippen molar-refractivity contribution in [2.75, 3.05) is 16.8 Å². The number of rotatable bonds is 8. The Bertz CT molecular complexity index is 1470. The summed E-state index contributed by atoms with van der Waals surface area (Å²) in [5.41, 5.74) is 5.70. The number of pyridine rings is 1. The molecular formula is C31H33N5O2S. The van der Waals surface area contributed by atoms with Crippen LogP contribution in [0.1, 0.15) is 49.8 Å². The number of amides is 1. The van der Waals surface area contributed by atoms with Crippen LogP contribution in [-0.2, 0) is 4.79 Å². The van der Waals surface area contributed by atoms with Crippen molar-refractivity contribution in [3.05, 3.63) is 102 Å². The smallest absolute Gasteiger partial charge is 0.226 e. The highest BCUT2D eigenvalue weighted by Crippen LogP contribution is 2.43. The summed E-state index contributed by atoms with van der Waals surface area (Å²) in [4.78, 5) is 19.2. The number of carbonyl (C=O) groups is 1. The largest absolute Gasteiger partial charge is 0.494 e. The molecule has 7 nitrogen and oxygen atoms in total. The number of benzene rings is 2. The van der Waals surface area contributed by atoms with E-state index in [1.54, 1.807) is 0 Å². The predicted molar refractivity (Wildman–Crippen MR) is 160 cm³/mol. The second kappa shape index (κ2) is 11.3. The molecule has 2 aromatic carbocycles. The molecule has 3 heterocycles. The van der Waals surface area contributed by atoms with Gasteiger partial charge in [0.05, 0.1) is 18.3 Å². The van der Waals surface area contributed by atoms with Gasteiger partial charge in [0.15, 0.2) is 5.11 Å². The number of hydrogen-bond acceptors (Lipinski definition) is 4. The number of anilines is 2. The van der Waals surface area contributed by atoms with Gasteiger partial charge in [0.1, 0.15) is 11.8 Å². The number of nitrogens with zero attached hydrogens (tertiary/aromatic N) is 3. The fraction of sp³-hybridized carbons (Fsp3) is 0.258. The van der Waals surface area contributed by atoms with E-state index in [-0.39, 0.29) is 23.9 Å². The maximum absolute atomic E-state index is 12.3. The summed E-state index contributed by atoms with van der Waals surface area (Å²) in [6.45, 7) is 8.37. The molecule has 0 radical (unpaired) electrons. The molecule has 0 bridgehead atoms. The van der Waals surface area contributed by atoms with Crippen molar-refractivity contribution in [2.45, 2.75) is 39.8 Å². The summed E-state index contributed by atoms with van der Waals surface area (Å²) < 4.78 is 7.83. The lowest BCUT2D eigenvalue weighted by Gasteiger charge is -2.29. The first kappa shape index (κ1) is 26.4. The van der Waals surface area contributed by atoms with E-state index in [1.807, 2.05) is 76.4 Å². The summed E-state index contributed by atoms with van der Waals surface area (Å²) >= 11 is 5.93. The second-order valence-electron chi connectivity index (χ2n) is 9.87. The van der Waals surface area contributed by atoms with Crippen molar-refractivity contribution in [3.63, 3.8) is 0 Å². The summed E-state index contributed by atoms with van der Waals surface area (Å²) in [5, 5.41) is 7.18. The Morgan fingerprint density at radius 2 is 1.85 bits per heavy atom. The minimum Gasteiger partial charge on any atom is -0.494 e. The summed E-state index contributed by atoms with van der Waals surface area (Å²) in [6.07, 6.45) is 3.87. The minimum atomic E-state index is -0.176. The Kier molecular flexibility index (Phi) is 7.65. The number of aryl methyl sites for hydroxylation is 1. The van der Waals surface area contributed by atoms with Crippen LogP contribution in [0.3, 0.4) is 0 Å². The SMILES string of the molecule is CCOc1ccc(-n2cccc2[C@@H]2[C@@H](c3ccccn3)NC(=S)N2c2ccc(NC(=O)C(C)C)c(C)c2)cc1.